The van der Waals surface area contributed by atoms with Crippen molar-refractivity contribution in [1.29, 1.82) is 0 Å². The van der Waals surface area contributed by atoms with Crippen LogP contribution in [-0.4, -0.2) is 50.8 Å². The van der Waals surface area contributed by atoms with Gasteiger partial charge < -0.3 is 24.8 Å². The summed E-state index contributed by atoms with van der Waals surface area (Å²) in [7, 11) is 0. The lowest BCUT2D eigenvalue weighted by molar-refractivity contribution is -0.117. The molecule has 3 N–H and O–H groups in total. The molecule has 164 valence electrons. The van der Waals surface area contributed by atoms with Crippen LogP contribution in [0.1, 0.15) is 36.2 Å². The van der Waals surface area contributed by atoms with Gasteiger partial charge in [-0.3, -0.25) is 4.79 Å². The second-order valence-electron chi connectivity index (χ2n) is 8.50. The van der Waals surface area contributed by atoms with Gasteiger partial charge in [0.05, 0.1) is 6.04 Å². The fraction of sp³-hybridized carbons (Fsp3) is 0.375. The second kappa shape index (κ2) is 8.26. The highest BCUT2D eigenvalue weighted by Crippen LogP contribution is 2.50. The molecule has 2 fully saturated rings. The van der Waals surface area contributed by atoms with Gasteiger partial charge in [0.2, 0.25) is 6.41 Å². The Labute approximate surface area is 186 Å². The lowest BCUT2D eigenvalue weighted by Crippen LogP contribution is -2.22. The molecule has 0 bridgehead atoms. The molecule has 1 aliphatic heterocycles. The number of benzene rings is 1. The predicted molar refractivity (Wildman–Crippen MR) is 117 cm³/mol. The van der Waals surface area contributed by atoms with Crippen molar-refractivity contribution in [2.45, 2.75) is 19.1 Å². The van der Waals surface area contributed by atoms with Crippen LogP contribution in [-0.2, 0) is 4.79 Å². The number of amides is 1. The number of aliphatic hydroxyl groups is 1. The molecule has 1 saturated carbocycles. The largest absolute Gasteiger partial charge is 0.385 e. The molecular formula is C24H25N5O3. The number of hydrogen-bond donors (Lipinski definition) is 2. The van der Waals surface area contributed by atoms with E-state index in [-0.39, 0.29) is 6.04 Å². The Hall–Kier alpha value is -3.41. The Morgan fingerprint density at radius 3 is 2.72 bits per heavy atom. The molecule has 0 unspecified atom stereocenters. The van der Waals surface area contributed by atoms with Crippen molar-refractivity contribution in [2.75, 3.05) is 19.6 Å². The highest BCUT2D eigenvalue weighted by atomic mass is 16.5. The Morgan fingerprint density at radius 1 is 1.31 bits per heavy atom. The lowest BCUT2D eigenvalue weighted by atomic mass is 10.1. The summed E-state index contributed by atoms with van der Waals surface area (Å²) in [6, 6.07) is 9.47. The number of rotatable bonds is 6. The van der Waals surface area contributed by atoms with Crippen LogP contribution < -0.4 is 5.73 Å². The van der Waals surface area contributed by atoms with E-state index in [1.807, 2.05) is 39.8 Å². The Balaban J connectivity index is 1.28. The van der Waals surface area contributed by atoms with Crippen LogP contribution in [0.5, 0.6) is 0 Å². The number of nitrogens with two attached hydrogens (primary N) is 1. The summed E-state index contributed by atoms with van der Waals surface area (Å²) in [6.45, 7) is 3.63. The van der Waals surface area contributed by atoms with Gasteiger partial charge in [-0.05, 0) is 43.0 Å². The molecule has 3 heterocycles. The number of likely N-dealkylation sites (tertiary alicyclic amines) is 1. The molecular weight excluding hydrogens is 406 g/mol. The summed E-state index contributed by atoms with van der Waals surface area (Å²) in [5.41, 5.74) is 8.52. The van der Waals surface area contributed by atoms with E-state index >= 15 is 0 Å². The molecule has 2 aromatic heterocycles. The third kappa shape index (κ3) is 3.70. The fourth-order valence-electron chi connectivity index (χ4n) is 4.61. The third-order valence-corrected chi connectivity index (χ3v) is 6.43. The quantitative estimate of drug-likeness (QED) is 0.455. The third-order valence-electron chi connectivity index (χ3n) is 6.43. The van der Waals surface area contributed by atoms with Gasteiger partial charge in [-0.25, -0.2) is 4.98 Å². The van der Waals surface area contributed by atoms with Crippen molar-refractivity contribution in [1.82, 2.24) is 19.6 Å². The minimum Gasteiger partial charge on any atom is -0.385 e. The van der Waals surface area contributed by atoms with Crippen LogP contribution >= 0.6 is 0 Å². The molecule has 5 rings (SSSR count). The maximum Gasteiger partial charge on any atom is 0.209 e. The number of carbonyl (C=O) groups excluding carboxylic acids is 1. The Bertz CT molecular complexity index is 1160. The zero-order valence-corrected chi connectivity index (χ0v) is 17.8. The summed E-state index contributed by atoms with van der Waals surface area (Å²) in [4.78, 5) is 16.9. The number of hydrogen-bond acceptors (Lipinski definition) is 6. The van der Waals surface area contributed by atoms with Crippen LogP contribution in [0.3, 0.4) is 0 Å². The van der Waals surface area contributed by atoms with E-state index in [1.165, 1.54) is 0 Å². The van der Waals surface area contributed by atoms with E-state index < -0.39 is 6.10 Å². The molecule has 5 atom stereocenters. The molecule has 1 aliphatic carbocycles. The van der Waals surface area contributed by atoms with E-state index in [9.17, 15) is 9.90 Å². The first-order chi connectivity index (χ1) is 15.6. The first-order valence-electron chi connectivity index (χ1n) is 10.8. The van der Waals surface area contributed by atoms with Crippen molar-refractivity contribution in [3.8, 4) is 23.2 Å². The standard InChI is InChI=1S/C24H25N5O3/c1-15(31)24-26-8-9-29(24)22(11-25)21-10-23(32-27-21)17-5-2-16(3-6-17)4-7-18-19-12-28(14-30)13-20(18)19/h2-3,5-6,8-10,14-15,18-20,22,31H,11-13,25H2,1H3/t15-,18-,19-,20+,22+/m0/s1. The van der Waals surface area contributed by atoms with E-state index in [2.05, 4.69) is 22.0 Å². The number of imidazole rings is 1. The number of fused-ring (bicyclic) bond motifs is 1. The second-order valence-corrected chi connectivity index (χ2v) is 8.50. The number of nitrogens with zero attached hydrogens (tertiary/aromatic N) is 4. The van der Waals surface area contributed by atoms with E-state index in [0.29, 0.717) is 41.6 Å². The van der Waals surface area contributed by atoms with Crippen LogP contribution in [0.15, 0.2) is 47.2 Å². The minimum atomic E-state index is -0.710. The molecule has 1 amide bonds. The normalized spacial score (nSPS) is 23.2. The van der Waals surface area contributed by atoms with Crippen molar-refractivity contribution in [2.24, 2.45) is 23.5 Å². The lowest BCUT2D eigenvalue weighted by Gasteiger charge is -2.17. The number of aliphatic hydroxyl groups excluding tert-OH is 1. The van der Waals surface area contributed by atoms with Gasteiger partial charge in [0.25, 0.3) is 0 Å². The van der Waals surface area contributed by atoms with E-state index in [1.54, 1.807) is 19.3 Å². The summed E-state index contributed by atoms with van der Waals surface area (Å²) in [5.74, 6) is 9.29. The summed E-state index contributed by atoms with van der Waals surface area (Å²) in [5, 5.41) is 14.2. The van der Waals surface area contributed by atoms with Gasteiger partial charge in [-0.1, -0.05) is 17.0 Å². The monoisotopic (exact) mass is 431 g/mol. The van der Waals surface area contributed by atoms with Gasteiger partial charge in [0.15, 0.2) is 5.76 Å². The highest BCUT2D eigenvalue weighted by molar-refractivity contribution is 5.59. The first kappa shape index (κ1) is 20.5. The maximum absolute atomic E-state index is 10.8. The topological polar surface area (TPSA) is 110 Å². The summed E-state index contributed by atoms with van der Waals surface area (Å²) in [6.07, 6.45) is 3.64. The molecule has 0 radical (unpaired) electrons. The van der Waals surface area contributed by atoms with Gasteiger partial charge in [-0.15, -0.1) is 0 Å². The summed E-state index contributed by atoms with van der Waals surface area (Å²) >= 11 is 0. The molecule has 2 aliphatic rings. The molecule has 1 aromatic carbocycles. The van der Waals surface area contributed by atoms with Crippen molar-refractivity contribution < 1.29 is 14.4 Å². The molecule has 32 heavy (non-hydrogen) atoms. The minimum absolute atomic E-state index is 0.280. The Morgan fingerprint density at radius 2 is 2.06 bits per heavy atom. The molecule has 0 spiro atoms. The van der Waals surface area contributed by atoms with Crippen LogP contribution in [0, 0.1) is 29.6 Å². The number of aromatic nitrogens is 3. The summed E-state index contributed by atoms with van der Waals surface area (Å²) < 4.78 is 7.41. The molecule has 8 heteroatoms. The van der Waals surface area contributed by atoms with Crippen molar-refractivity contribution in [3.63, 3.8) is 0 Å². The number of carbonyl (C=O) groups is 1. The van der Waals surface area contributed by atoms with E-state index in [0.717, 1.165) is 30.6 Å². The molecule has 3 aromatic rings. The van der Waals surface area contributed by atoms with Gasteiger partial charge in [-0.2, -0.15) is 0 Å². The maximum atomic E-state index is 10.8. The van der Waals surface area contributed by atoms with Crippen LogP contribution in [0.2, 0.25) is 0 Å². The van der Waals surface area contributed by atoms with Crippen molar-refractivity contribution in [3.05, 3.63) is 59.8 Å². The fourth-order valence-corrected chi connectivity index (χ4v) is 4.61. The van der Waals surface area contributed by atoms with Crippen LogP contribution in [0.4, 0.5) is 0 Å². The average molecular weight is 431 g/mol. The average Bonchev–Trinajstić information content (AvgIpc) is 3.31. The Kier molecular flexibility index (Phi) is 5.29. The zero-order valence-electron chi connectivity index (χ0n) is 17.8. The smallest absolute Gasteiger partial charge is 0.209 e. The number of piperidine rings is 1. The van der Waals surface area contributed by atoms with Gasteiger partial charge in [0, 0.05) is 55.1 Å². The predicted octanol–water partition coefficient (Wildman–Crippen LogP) is 1.83. The van der Waals surface area contributed by atoms with E-state index in [4.69, 9.17) is 10.3 Å². The van der Waals surface area contributed by atoms with Gasteiger partial charge >= 0.3 is 0 Å². The SMILES string of the molecule is C[C@H](O)c1nccn1[C@H](CN)c1cc(-c2ccc(C#C[C@@H]3[C@H]4CN(C=O)C[C@@H]34)cc2)on1. The molecule has 1 saturated heterocycles. The first-order valence-corrected chi connectivity index (χ1v) is 10.8. The van der Waals surface area contributed by atoms with Gasteiger partial charge in [0.1, 0.15) is 17.6 Å². The van der Waals surface area contributed by atoms with Crippen LogP contribution in [0.25, 0.3) is 11.3 Å². The zero-order chi connectivity index (χ0) is 22.2. The highest BCUT2D eigenvalue weighted by Gasteiger charge is 2.54. The van der Waals surface area contributed by atoms with Crippen molar-refractivity contribution >= 4 is 6.41 Å². The molecule has 8 nitrogen and oxygen atoms in total.